The molecule has 0 spiro atoms. The minimum Gasteiger partial charge on any atom is -0.496 e. The van der Waals surface area contributed by atoms with E-state index in [4.69, 9.17) is 9.47 Å². The van der Waals surface area contributed by atoms with Crippen LogP contribution in [0.2, 0.25) is 0 Å². The molecule has 0 unspecified atom stereocenters. The number of carbonyl (C=O) groups is 1. The van der Waals surface area contributed by atoms with E-state index in [-0.39, 0.29) is 11.9 Å². The number of nitrogens with one attached hydrogen (secondary N) is 1. The van der Waals surface area contributed by atoms with Crippen molar-refractivity contribution in [1.29, 1.82) is 0 Å². The summed E-state index contributed by atoms with van der Waals surface area (Å²) >= 11 is 0. The van der Waals surface area contributed by atoms with Crippen LogP contribution in [0, 0.1) is 13.8 Å². The molecule has 2 aromatic carbocycles. The number of aromatic nitrogens is 1. The predicted molar refractivity (Wildman–Crippen MR) is 128 cm³/mol. The predicted octanol–water partition coefficient (Wildman–Crippen LogP) is 4.21. The lowest BCUT2D eigenvalue weighted by Crippen LogP contribution is -2.44. The molecule has 1 aliphatic rings. The number of para-hydroxylation sites is 1. The average Bonchev–Trinajstić information content (AvgIpc) is 3.05. The number of hydrogen-bond donors (Lipinski definition) is 1. The highest BCUT2D eigenvalue weighted by molar-refractivity contribution is 5.95. The van der Waals surface area contributed by atoms with Crippen LogP contribution >= 0.6 is 0 Å². The highest BCUT2D eigenvalue weighted by Gasteiger charge is 2.24. The van der Waals surface area contributed by atoms with E-state index >= 15 is 0 Å². The fourth-order valence-electron chi connectivity index (χ4n) is 4.74. The molecule has 0 radical (unpaired) electrons. The van der Waals surface area contributed by atoms with Crippen LogP contribution < -0.4 is 14.8 Å². The maximum Gasteiger partial charge on any atom is 0.251 e. The Morgan fingerprint density at radius 2 is 1.69 bits per heavy atom. The summed E-state index contributed by atoms with van der Waals surface area (Å²) in [6.07, 6.45) is 1.88. The van der Waals surface area contributed by atoms with E-state index < -0.39 is 0 Å². The zero-order chi connectivity index (χ0) is 22.8. The summed E-state index contributed by atoms with van der Waals surface area (Å²) in [5, 5.41) is 4.54. The van der Waals surface area contributed by atoms with E-state index in [1.165, 1.54) is 22.2 Å². The zero-order valence-electron chi connectivity index (χ0n) is 19.7. The zero-order valence-corrected chi connectivity index (χ0v) is 19.7. The molecule has 1 N–H and O–H groups in total. The molecule has 6 heteroatoms. The molecule has 3 aromatic rings. The number of benzene rings is 2. The molecule has 0 aliphatic carbocycles. The van der Waals surface area contributed by atoms with Crippen molar-refractivity contribution in [3.8, 4) is 11.5 Å². The Morgan fingerprint density at radius 3 is 2.31 bits per heavy atom. The van der Waals surface area contributed by atoms with Gasteiger partial charge in [0.25, 0.3) is 5.91 Å². The standard InChI is InChI=1S/C26H33N3O3/c1-17-24(31-4)14-19(15-25(17)32-5)26(30)27-20-10-12-29(13-11-20)16-22-18(2)28(3)23-9-7-6-8-21(22)23/h6-9,14-15,20H,10-13,16H2,1-5H3,(H,27,30). The molecule has 0 atom stereocenters. The Bertz CT molecular complexity index is 1100. The van der Waals surface area contributed by atoms with Crippen LogP contribution in [-0.2, 0) is 13.6 Å². The van der Waals surface area contributed by atoms with Crippen molar-refractivity contribution in [2.75, 3.05) is 27.3 Å². The van der Waals surface area contributed by atoms with E-state index in [0.29, 0.717) is 17.1 Å². The van der Waals surface area contributed by atoms with Crippen molar-refractivity contribution in [2.24, 2.45) is 7.05 Å². The van der Waals surface area contributed by atoms with Crippen LogP contribution in [0.1, 0.15) is 40.0 Å². The second-order valence-electron chi connectivity index (χ2n) is 8.67. The summed E-state index contributed by atoms with van der Waals surface area (Å²) < 4.78 is 13.1. The van der Waals surface area contributed by atoms with Gasteiger partial charge in [-0.2, -0.15) is 0 Å². The minimum absolute atomic E-state index is 0.0788. The summed E-state index contributed by atoms with van der Waals surface area (Å²) in [6.45, 7) is 7.00. The topological polar surface area (TPSA) is 55.7 Å². The number of aryl methyl sites for hydroxylation is 1. The first kappa shape index (κ1) is 22.2. The Labute approximate surface area is 190 Å². The van der Waals surface area contributed by atoms with Crippen molar-refractivity contribution in [3.05, 3.63) is 58.8 Å². The van der Waals surface area contributed by atoms with Crippen molar-refractivity contribution in [2.45, 2.75) is 39.3 Å². The Balaban J connectivity index is 1.39. The molecule has 1 saturated heterocycles. The van der Waals surface area contributed by atoms with Crippen LogP contribution in [-0.4, -0.2) is 48.7 Å². The first-order valence-electron chi connectivity index (χ1n) is 11.2. The van der Waals surface area contributed by atoms with Crippen molar-refractivity contribution in [1.82, 2.24) is 14.8 Å². The molecule has 1 amide bonds. The third-order valence-corrected chi connectivity index (χ3v) is 6.85. The normalized spacial score (nSPS) is 15.2. The lowest BCUT2D eigenvalue weighted by atomic mass is 10.0. The molecule has 32 heavy (non-hydrogen) atoms. The molecule has 2 heterocycles. The van der Waals surface area contributed by atoms with Gasteiger partial charge in [0, 0.05) is 60.4 Å². The summed E-state index contributed by atoms with van der Waals surface area (Å²) in [5.74, 6) is 1.24. The Morgan fingerprint density at radius 1 is 1.06 bits per heavy atom. The monoisotopic (exact) mass is 435 g/mol. The fraction of sp³-hybridized carbons (Fsp3) is 0.423. The van der Waals surface area contributed by atoms with Gasteiger partial charge in [0.2, 0.25) is 0 Å². The molecule has 4 rings (SSSR count). The van der Waals surface area contributed by atoms with E-state index in [2.05, 4.69) is 53.0 Å². The van der Waals surface area contributed by atoms with E-state index in [0.717, 1.165) is 38.0 Å². The molecular weight excluding hydrogens is 402 g/mol. The molecule has 1 fully saturated rings. The number of methoxy groups -OCH3 is 2. The quantitative estimate of drug-likeness (QED) is 0.630. The van der Waals surface area contributed by atoms with Crippen LogP contribution in [0.25, 0.3) is 10.9 Å². The number of ether oxygens (including phenoxy) is 2. The number of hydrogen-bond acceptors (Lipinski definition) is 4. The van der Waals surface area contributed by atoms with Crippen LogP contribution in [0.3, 0.4) is 0 Å². The number of nitrogens with zero attached hydrogens (tertiary/aromatic N) is 2. The van der Waals surface area contributed by atoms with E-state index in [9.17, 15) is 4.79 Å². The largest absolute Gasteiger partial charge is 0.496 e. The number of rotatable bonds is 6. The number of piperidine rings is 1. The van der Waals surface area contributed by atoms with Gasteiger partial charge < -0.3 is 19.4 Å². The van der Waals surface area contributed by atoms with Gasteiger partial charge in [-0.15, -0.1) is 0 Å². The van der Waals surface area contributed by atoms with Gasteiger partial charge in [-0.3, -0.25) is 9.69 Å². The maximum absolute atomic E-state index is 12.9. The number of likely N-dealkylation sites (tertiary alicyclic amines) is 1. The highest BCUT2D eigenvalue weighted by Crippen LogP contribution is 2.30. The van der Waals surface area contributed by atoms with Gasteiger partial charge in [-0.1, -0.05) is 18.2 Å². The average molecular weight is 436 g/mol. The second kappa shape index (κ2) is 9.25. The summed E-state index contributed by atoms with van der Waals surface area (Å²) in [4.78, 5) is 15.4. The van der Waals surface area contributed by atoms with E-state index in [1.54, 1.807) is 26.4 Å². The number of amides is 1. The van der Waals surface area contributed by atoms with Crippen molar-refractivity contribution < 1.29 is 14.3 Å². The molecule has 1 aromatic heterocycles. The SMILES string of the molecule is COc1cc(C(=O)NC2CCN(Cc3c(C)n(C)c4ccccc34)CC2)cc(OC)c1C. The third kappa shape index (κ3) is 4.19. The van der Waals surface area contributed by atoms with E-state index in [1.807, 2.05) is 6.92 Å². The van der Waals surface area contributed by atoms with Crippen molar-refractivity contribution >= 4 is 16.8 Å². The smallest absolute Gasteiger partial charge is 0.251 e. The summed E-state index contributed by atoms with van der Waals surface area (Å²) in [5.41, 5.74) is 5.47. The Kier molecular flexibility index (Phi) is 6.42. The van der Waals surface area contributed by atoms with Gasteiger partial charge in [0.15, 0.2) is 0 Å². The number of fused-ring (bicyclic) bond motifs is 1. The molecular formula is C26H33N3O3. The van der Waals surface area contributed by atoms with Crippen LogP contribution in [0.15, 0.2) is 36.4 Å². The third-order valence-electron chi connectivity index (χ3n) is 6.85. The first-order chi connectivity index (χ1) is 15.4. The fourth-order valence-corrected chi connectivity index (χ4v) is 4.74. The lowest BCUT2D eigenvalue weighted by Gasteiger charge is -2.32. The van der Waals surface area contributed by atoms with Gasteiger partial charge in [-0.05, 0) is 50.5 Å². The maximum atomic E-state index is 12.9. The highest BCUT2D eigenvalue weighted by atomic mass is 16.5. The van der Waals surface area contributed by atoms with Gasteiger partial charge in [-0.25, -0.2) is 0 Å². The van der Waals surface area contributed by atoms with Crippen molar-refractivity contribution in [3.63, 3.8) is 0 Å². The Hall–Kier alpha value is -2.99. The molecule has 6 nitrogen and oxygen atoms in total. The summed E-state index contributed by atoms with van der Waals surface area (Å²) in [6, 6.07) is 12.3. The molecule has 0 saturated carbocycles. The van der Waals surface area contributed by atoms with Gasteiger partial charge in [0.1, 0.15) is 11.5 Å². The first-order valence-corrected chi connectivity index (χ1v) is 11.2. The van der Waals surface area contributed by atoms with Gasteiger partial charge in [0.05, 0.1) is 14.2 Å². The molecule has 0 bridgehead atoms. The lowest BCUT2D eigenvalue weighted by molar-refractivity contribution is 0.0908. The number of carbonyl (C=O) groups excluding carboxylic acids is 1. The molecule has 170 valence electrons. The van der Waals surface area contributed by atoms with Crippen LogP contribution in [0.4, 0.5) is 0 Å². The summed E-state index contributed by atoms with van der Waals surface area (Å²) in [7, 11) is 5.35. The van der Waals surface area contributed by atoms with Gasteiger partial charge >= 0.3 is 0 Å². The minimum atomic E-state index is -0.0788. The van der Waals surface area contributed by atoms with Crippen LogP contribution in [0.5, 0.6) is 11.5 Å². The molecule has 1 aliphatic heterocycles. The second-order valence-corrected chi connectivity index (χ2v) is 8.67.